The van der Waals surface area contributed by atoms with Crippen LogP contribution in [0.4, 0.5) is 0 Å². The molecule has 0 bridgehead atoms. The van der Waals surface area contributed by atoms with Crippen LogP contribution in [0.15, 0.2) is 30.3 Å². The van der Waals surface area contributed by atoms with Gasteiger partial charge in [-0.2, -0.15) is 5.10 Å². The molecule has 0 unspecified atom stereocenters. The molecule has 118 valence electrons. The summed E-state index contributed by atoms with van der Waals surface area (Å²) in [6.45, 7) is 9.14. The third-order valence-corrected chi connectivity index (χ3v) is 3.68. The van der Waals surface area contributed by atoms with Crippen molar-refractivity contribution in [3.8, 4) is 0 Å². The Labute approximate surface area is 132 Å². The molecule has 0 aliphatic rings. The normalized spacial score (nSPS) is 11.0. The van der Waals surface area contributed by atoms with Gasteiger partial charge in [0.05, 0.1) is 18.7 Å². The van der Waals surface area contributed by atoms with Crippen molar-refractivity contribution in [2.75, 3.05) is 0 Å². The highest BCUT2D eigenvalue weighted by molar-refractivity contribution is 5.69. The van der Waals surface area contributed by atoms with Crippen LogP contribution in [0.5, 0.6) is 0 Å². The van der Waals surface area contributed by atoms with Crippen molar-refractivity contribution in [1.82, 2.24) is 9.78 Å². The first-order valence-electron chi connectivity index (χ1n) is 7.71. The number of hydrogen-bond acceptors (Lipinski definition) is 3. The minimum atomic E-state index is -0.194. The topological polar surface area (TPSA) is 44.1 Å². The van der Waals surface area contributed by atoms with Gasteiger partial charge < -0.3 is 4.74 Å². The Kier molecular flexibility index (Phi) is 5.36. The summed E-state index contributed by atoms with van der Waals surface area (Å²) in [4.78, 5) is 11.8. The molecule has 0 aliphatic heterocycles. The zero-order valence-corrected chi connectivity index (χ0v) is 13.8. The van der Waals surface area contributed by atoms with Gasteiger partial charge in [-0.3, -0.25) is 9.48 Å². The number of ether oxygens (including phenoxy) is 1. The highest BCUT2D eigenvalue weighted by Gasteiger charge is 2.07. The molecule has 0 amide bonds. The highest BCUT2D eigenvalue weighted by Crippen LogP contribution is 2.15. The second-order valence-corrected chi connectivity index (χ2v) is 5.96. The second-order valence-electron chi connectivity index (χ2n) is 5.96. The molecule has 22 heavy (non-hydrogen) atoms. The first kappa shape index (κ1) is 16.3. The highest BCUT2D eigenvalue weighted by atomic mass is 16.5. The van der Waals surface area contributed by atoms with E-state index < -0.39 is 0 Å². The first-order chi connectivity index (χ1) is 10.5. The van der Waals surface area contributed by atoms with Crippen molar-refractivity contribution >= 4 is 5.97 Å². The van der Waals surface area contributed by atoms with Crippen LogP contribution in [0.25, 0.3) is 0 Å². The SMILES string of the molecule is Cc1cc(C)n(CCC(=O)OCc2ccc(C(C)C)cc2)n1. The maximum atomic E-state index is 11.8. The van der Waals surface area contributed by atoms with E-state index in [1.807, 2.05) is 36.7 Å². The number of carbonyl (C=O) groups is 1. The van der Waals surface area contributed by atoms with Gasteiger partial charge in [0.25, 0.3) is 0 Å². The standard InChI is InChI=1S/C18H24N2O2/c1-13(2)17-7-5-16(6-8-17)12-22-18(21)9-10-20-15(4)11-14(3)19-20/h5-8,11,13H,9-10,12H2,1-4H3. The van der Waals surface area contributed by atoms with E-state index in [2.05, 4.69) is 31.1 Å². The zero-order valence-electron chi connectivity index (χ0n) is 13.8. The summed E-state index contributed by atoms with van der Waals surface area (Å²) in [6, 6.07) is 10.2. The van der Waals surface area contributed by atoms with Crippen LogP contribution >= 0.6 is 0 Å². The van der Waals surface area contributed by atoms with Crippen LogP contribution in [0.1, 0.15) is 48.7 Å². The third kappa shape index (κ3) is 4.45. The van der Waals surface area contributed by atoms with Crippen LogP contribution in [0, 0.1) is 13.8 Å². The fourth-order valence-corrected chi connectivity index (χ4v) is 2.33. The number of carbonyl (C=O) groups excluding carboxylic acids is 1. The van der Waals surface area contributed by atoms with Gasteiger partial charge in [-0.25, -0.2) is 0 Å². The van der Waals surface area contributed by atoms with Crippen molar-refractivity contribution in [2.45, 2.75) is 53.2 Å². The Morgan fingerprint density at radius 3 is 2.45 bits per heavy atom. The molecule has 2 aromatic rings. The molecule has 0 aliphatic carbocycles. The molecule has 1 aromatic heterocycles. The smallest absolute Gasteiger partial charge is 0.308 e. The minimum Gasteiger partial charge on any atom is -0.461 e. The van der Waals surface area contributed by atoms with E-state index >= 15 is 0 Å². The van der Waals surface area contributed by atoms with Crippen molar-refractivity contribution in [3.63, 3.8) is 0 Å². The Bertz CT molecular complexity index is 627. The van der Waals surface area contributed by atoms with E-state index in [-0.39, 0.29) is 5.97 Å². The Morgan fingerprint density at radius 1 is 1.23 bits per heavy atom. The Morgan fingerprint density at radius 2 is 1.91 bits per heavy atom. The lowest BCUT2D eigenvalue weighted by Gasteiger charge is -2.08. The molecule has 0 saturated heterocycles. The van der Waals surface area contributed by atoms with Gasteiger partial charge in [-0.15, -0.1) is 0 Å². The van der Waals surface area contributed by atoms with Crippen LogP contribution < -0.4 is 0 Å². The molecule has 2 rings (SSSR count). The third-order valence-electron chi connectivity index (χ3n) is 3.68. The monoisotopic (exact) mass is 300 g/mol. The van der Waals surface area contributed by atoms with Crippen molar-refractivity contribution < 1.29 is 9.53 Å². The van der Waals surface area contributed by atoms with Crippen LogP contribution in [-0.4, -0.2) is 15.7 Å². The summed E-state index contributed by atoms with van der Waals surface area (Å²) in [5.41, 5.74) is 4.34. The predicted molar refractivity (Wildman–Crippen MR) is 86.6 cm³/mol. The molecular formula is C18H24N2O2. The van der Waals surface area contributed by atoms with Gasteiger partial charge in [0.2, 0.25) is 0 Å². The lowest BCUT2D eigenvalue weighted by Crippen LogP contribution is -2.11. The van der Waals surface area contributed by atoms with E-state index in [1.54, 1.807) is 0 Å². The van der Waals surface area contributed by atoms with Crippen LogP contribution in [0.3, 0.4) is 0 Å². The lowest BCUT2D eigenvalue weighted by atomic mass is 10.0. The number of esters is 1. The molecule has 0 N–H and O–H groups in total. The van der Waals surface area contributed by atoms with Gasteiger partial charge in [0.15, 0.2) is 0 Å². The van der Waals surface area contributed by atoms with Gasteiger partial charge in [0, 0.05) is 5.69 Å². The van der Waals surface area contributed by atoms with Gasteiger partial charge in [0.1, 0.15) is 6.61 Å². The fraction of sp³-hybridized carbons (Fsp3) is 0.444. The summed E-state index contributed by atoms with van der Waals surface area (Å²) < 4.78 is 7.16. The summed E-state index contributed by atoms with van der Waals surface area (Å²) in [6.07, 6.45) is 0.339. The van der Waals surface area contributed by atoms with Crippen molar-refractivity contribution in [2.24, 2.45) is 0 Å². The van der Waals surface area contributed by atoms with Crippen molar-refractivity contribution in [1.29, 1.82) is 0 Å². The number of nitrogens with zero attached hydrogens (tertiary/aromatic N) is 2. The Hall–Kier alpha value is -2.10. The fourth-order valence-electron chi connectivity index (χ4n) is 2.33. The number of aryl methyl sites for hydroxylation is 3. The van der Waals surface area contributed by atoms with E-state index in [1.165, 1.54) is 5.56 Å². The van der Waals surface area contributed by atoms with Gasteiger partial charge >= 0.3 is 5.97 Å². The van der Waals surface area contributed by atoms with E-state index in [4.69, 9.17) is 4.74 Å². The van der Waals surface area contributed by atoms with Crippen LogP contribution in [-0.2, 0) is 22.7 Å². The summed E-state index contributed by atoms with van der Waals surface area (Å²) in [5.74, 6) is 0.317. The zero-order chi connectivity index (χ0) is 16.1. The number of hydrogen-bond donors (Lipinski definition) is 0. The van der Waals surface area contributed by atoms with Gasteiger partial charge in [-0.1, -0.05) is 38.1 Å². The minimum absolute atomic E-state index is 0.194. The van der Waals surface area contributed by atoms with Crippen LogP contribution in [0.2, 0.25) is 0 Å². The molecule has 0 saturated carbocycles. The van der Waals surface area contributed by atoms with E-state index in [9.17, 15) is 4.79 Å². The molecular weight excluding hydrogens is 276 g/mol. The average Bonchev–Trinajstić information content (AvgIpc) is 2.81. The Balaban J connectivity index is 1.79. The number of aromatic nitrogens is 2. The van der Waals surface area contributed by atoms with E-state index in [0.717, 1.165) is 17.0 Å². The molecule has 4 heteroatoms. The molecule has 0 radical (unpaired) electrons. The van der Waals surface area contributed by atoms with Gasteiger partial charge in [-0.05, 0) is 37.0 Å². The first-order valence-corrected chi connectivity index (χ1v) is 7.71. The number of rotatable bonds is 6. The molecule has 0 spiro atoms. The quantitative estimate of drug-likeness (QED) is 0.763. The summed E-state index contributed by atoms with van der Waals surface area (Å²) in [5, 5.41) is 4.34. The number of benzene rings is 1. The summed E-state index contributed by atoms with van der Waals surface area (Å²) >= 11 is 0. The summed E-state index contributed by atoms with van der Waals surface area (Å²) in [7, 11) is 0. The van der Waals surface area contributed by atoms with E-state index in [0.29, 0.717) is 25.5 Å². The molecule has 1 aromatic carbocycles. The largest absolute Gasteiger partial charge is 0.461 e. The maximum absolute atomic E-state index is 11.8. The molecule has 0 atom stereocenters. The maximum Gasteiger partial charge on any atom is 0.308 e. The molecule has 1 heterocycles. The van der Waals surface area contributed by atoms with Crippen molar-refractivity contribution in [3.05, 3.63) is 52.8 Å². The second kappa shape index (κ2) is 7.25. The molecule has 0 fully saturated rings. The average molecular weight is 300 g/mol. The molecule has 4 nitrogen and oxygen atoms in total. The predicted octanol–water partition coefficient (Wildman–Crippen LogP) is 3.76. The lowest BCUT2D eigenvalue weighted by molar-refractivity contribution is -0.145.